The van der Waals surface area contributed by atoms with Crippen LogP contribution in [0.2, 0.25) is 0 Å². The first-order chi connectivity index (χ1) is 17.8. The van der Waals surface area contributed by atoms with Gasteiger partial charge in [-0.05, 0) is 77.9 Å². The number of nitrogens with zero attached hydrogens (tertiary/aromatic N) is 3. The van der Waals surface area contributed by atoms with Crippen molar-refractivity contribution in [1.82, 2.24) is 14.4 Å². The van der Waals surface area contributed by atoms with Gasteiger partial charge in [0.2, 0.25) is 0 Å². The summed E-state index contributed by atoms with van der Waals surface area (Å²) in [5.74, 6) is -2.25. The number of rotatable bonds is 7. The molecule has 2 aromatic rings. The second-order valence-electron chi connectivity index (χ2n) is 11.0. The van der Waals surface area contributed by atoms with Crippen molar-refractivity contribution < 1.29 is 29.7 Å². The number of aliphatic carboxylic acids is 2. The average molecular weight is 526 g/mol. The number of benzene rings is 1. The Labute approximate surface area is 223 Å². The van der Waals surface area contributed by atoms with Crippen LogP contribution in [0.25, 0.3) is 10.9 Å². The van der Waals surface area contributed by atoms with Crippen molar-refractivity contribution >= 4 is 28.8 Å². The minimum Gasteiger partial charge on any atom is -0.481 e. The first-order valence-corrected chi connectivity index (χ1v) is 13.0. The van der Waals surface area contributed by atoms with Gasteiger partial charge in [-0.15, -0.1) is 0 Å². The summed E-state index contributed by atoms with van der Waals surface area (Å²) in [6.45, 7) is 8.40. The number of likely N-dealkylation sites (tertiary alicyclic amines) is 1. The van der Waals surface area contributed by atoms with E-state index in [0.29, 0.717) is 23.2 Å². The van der Waals surface area contributed by atoms with Gasteiger partial charge in [0.15, 0.2) is 0 Å². The van der Waals surface area contributed by atoms with E-state index < -0.39 is 23.3 Å². The van der Waals surface area contributed by atoms with Crippen molar-refractivity contribution in [1.29, 1.82) is 0 Å². The molecule has 0 bridgehead atoms. The highest BCUT2D eigenvalue weighted by Gasteiger charge is 2.38. The van der Waals surface area contributed by atoms with Crippen molar-refractivity contribution in [3.05, 3.63) is 59.4 Å². The fourth-order valence-corrected chi connectivity index (χ4v) is 5.21. The molecule has 9 nitrogen and oxygen atoms in total. The maximum Gasteiger partial charge on any atom is 0.336 e. The van der Waals surface area contributed by atoms with Crippen LogP contribution in [0, 0.1) is 11.3 Å². The van der Waals surface area contributed by atoms with E-state index in [4.69, 9.17) is 5.11 Å². The van der Waals surface area contributed by atoms with Gasteiger partial charge in [-0.1, -0.05) is 12.1 Å². The smallest absolute Gasteiger partial charge is 0.336 e. The number of hydrogen-bond donors (Lipinski definition) is 3. The Morgan fingerprint density at radius 3 is 2.24 bits per heavy atom. The molecule has 1 unspecified atom stereocenters. The zero-order chi connectivity index (χ0) is 28.2. The van der Waals surface area contributed by atoms with Gasteiger partial charge in [-0.2, -0.15) is 0 Å². The Balaban J connectivity index is 0.000000230. The molecule has 9 heteroatoms. The van der Waals surface area contributed by atoms with Gasteiger partial charge in [0, 0.05) is 54.9 Å². The number of aromatic nitrogens is 1. The van der Waals surface area contributed by atoms with E-state index in [9.17, 15) is 24.6 Å². The fourth-order valence-electron chi connectivity index (χ4n) is 5.21. The molecule has 3 N–H and O–H groups in total. The summed E-state index contributed by atoms with van der Waals surface area (Å²) in [7, 11) is 4.13. The maximum absolute atomic E-state index is 11.6. The highest BCUT2D eigenvalue weighted by atomic mass is 16.4. The molecule has 1 aliphatic carbocycles. The monoisotopic (exact) mass is 525 g/mol. The molecule has 1 aromatic carbocycles. The lowest BCUT2D eigenvalue weighted by Gasteiger charge is -2.38. The lowest BCUT2D eigenvalue weighted by Crippen LogP contribution is -2.39. The van der Waals surface area contributed by atoms with Gasteiger partial charge in [0.1, 0.15) is 0 Å². The average Bonchev–Trinajstić information content (AvgIpc) is 3.29. The second-order valence-corrected chi connectivity index (χ2v) is 11.0. The summed E-state index contributed by atoms with van der Waals surface area (Å²) < 4.78 is 2.07. The van der Waals surface area contributed by atoms with E-state index in [0.717, 1.165) is 43.4 Å². The summed E-state index contributed by atoms with van der Waals surface area (Å²) in [4.78, 5) is 38.3. The van der Waals surface area contributed by atoms with Crippen LogP contribution in [0.3, 0.4) is 0 Å². The van der Waals surface area contributed by atoms with Crippen molar-refractivity contribution in [2.24, 2.45) is 11.3 Å². The number of allylic oxidation sites excluding steroid dienone is 1. The topological polar surface area (TPSA) is 123 Å². The molecule has 206 valence electrons. The number of carbonyl (C=O) groups is 3. The van der Waals surface area contributed by atoms with Gasteiger partial charge in [-0.25, -0.2) is 9.59 Å². The van der Waals surface area contributed by atoms with E-state index in [-0.39, 0.29) is 12.0 Å². The molecule has 1 atom stereocenters. The molecule has 2 heterocycles. The second kappa shape index (κ2) is 11.9. The SMILES string of the molecule is CC(C)n1ccc2c(C(=O)O)cccc21.CN(C)CC1CCN(C2=C(C(=O)O)CC(C)(C(=O)O)C=C2)CC1. The number of aromatic carboxylic acids is 1. The minimum absolute atomic E-state index is 0.0289. The minimum atomic E-state index is -1.14. The lowest BCUT2D eigenvalue weighted by molar-refractivity contribution is -0.145. The van der Waals surface area contributed by atoms with E-state index in [1.807, 2.05) is 18.3 Å². The summed E-state index contributed by atoms with van der Waals surface area (Å²) >= 11 is 0. The van der Waals surface area contributed by atoms with Gasteiger partial charge in [-0.3, -0.25) is 4.79 Å². The molecule has 2 aliphatic rings. The number of fused-ring (bicyclic) bond motifs is 1. The third-order valence-corrected chi connectivity index (χ3v) is 7.34. The van der Waals surface area contributed by atoms with Crippen molar-refractivity contribution in [2.45, 2.75) is 46.1 Å². The quantitative estimate of drug-likeness (QED) is 0.480. The first kappa shape index (κ1) is 29.0. The third kappa shape index (κ3) is 6.45. The molecule has 1 saturated heterocycles. The zero-order valence-electron chi connectivity index (χ0n) is 22.8. The summed E-state index contributed by atoms with van der Waals surface area (Å²) in [6.07, 6.45) is 7.33. The van der Waals surface area contributed by atoms with E-state index in [1.165, 1.54) is 0 Å². The summed E-state index contributed by atoms with van der Waals surface area (Å²) in [5, 5.41) is 28.7. The Morgan fingerprint density at radius 1 is 1.05 bits per heavy atom. The van der Waals surface area contributed by atoms with Crippen molar-refractivity contribution in [2.75, 3.05) is 33.7 Å². The van der Waals surface area contributed by atoms with Crippen LogP contribution in [-0.4, -0.2) is 81.3 Å². The van der Waals surface area contributed by atoms with Crippen LogP contribution in [0.4, 0.5) is 0 Å². The maximum atomic E-state index is 11.6. The fraction of sp³-hybridized carbons (Fsp3) is 0.483. The Morgan fingerprint density at radius 2 is 1.71 bits per heavy atom. The predicted molar refractivity (Wildman–Crippen MR) is 146 cm³/mol. The van der Waals surface area contributed by atoms with E-state index >= 15 is 0 Å². The Kier molecular flexibility index (Phi) is 9.04. The molecule has 38 heavy (non-hydrogen) atoms. The van der Waals surface area contributed by atoms with Gasteiger partial charge >= 0.3 is 17.9 Å². The molecule has 0 radical (unpaired) electrons. The molecular formula is C29H39N3O6. The molecule has 1 aliphatic heterocycles. The van der Waals surface area contributed by atoms with Crippen LogP contribution in [0.15, 0.2) is 53.9 Å². The van der Waals surface area contributed by atoms with Gasteiger partial charge in [0.25, 0.3) is 0 Å². The standard InChI is InChI=1S/C17H26N2O4.C12H13NO2/c1-17(16(22)23)7-4-14(13(10-17)15(20)21)19-8-5-12(6-9-19)11-18(2)3;1-8(2)13-7-6-9-10(12(14)15)4-3-5-11(9)13/h4,7,12H,5-6,8-11H2,1-3H3,(H,20,21)(H,22,23);3-8H,1-2H3,(H,14,15). The Hall–Kier alpha value is -3.59. The highest BCUT2D eigenvalue weighted by Crippen LogP contribution is 2.36. The molecule has 1 fully saturated rings. The van der Waals surface area contributed by atoms with Crippen LogP contribution in [0.5, 0.6) is 0 Å². The van der Waals surface area contributed by atoms with Gasteiger partial charge < -0.3 is 29.7 Å². The lowest BCUT2D eigenvalue weighted by atomic mass is 9.78. The van der Waals surface area contributed by atoms with Crippen LogP contribution in [-0.2, 0) is 9.59 Å². The molecule has 4 rings (SSSR count). The van der Waals surface area contributed by atoms with Crippen molar-refractivity contribution in [3.63, 3.8) is 0 Å². The number of hydrogen-bond acceptors (Lipinski definition) is 5. The summed E-state index contributed by atoms with van der Waals surface area (Å²) in [6, 6.07) is 7.56. The third-order valence-electron chi connectivity index (χ3n) is 7.34. The number of carboxylic acid groups (broad SMARTS) is 3. The highest BCUT2D eigenvalue weighted by molar-refractivity contribution is 6.03. The molecule has 0 amide bonds. The molecule has 1 aromatic heterocycles. The zero-order valence-corrected chi connectivity index (χ0v) is 22.8. The van der Waals surface area contributed by atoms with Gasteiger partial charge in [0.05, 0.1) is 16.6 Å². The van der Waals surface area contributed by atoms with E-state index in [1.54, 1.807) is 31.2 Å². The summed E-state index contributed by atoms with van der Waals surface area (Å²) in [5.41, 5.74) is 1.10. The molecule has 0 spiro atoms. The number of carboxylic acids is 3. The largest absolute Gasteiger partial charge is 0.481 e. The number of piperidine rings is 1. The van der Waals surface area contributed by atoms with E-state index in [2.05, 4.69) is 42.3 Å². The Bertz CT molecular complexity index is 1250. The van der Waals surface area contributed by atoms with Crippen molar-refractivity contribution in [3.8, 4) is 0 Å². The first-order valence-electron chi connectivity index (χ1n) is 13.0. The van der Waals surface area contributed by atoms with Crippen LogP contribution in [0.1, 0.15) is 56.4 Å². The molecular weight excluding hydrogens is 486 g/mol. The van der Waals surface area contributed by atoms with Crippen LogP contribution >= 0.6 is 0 Å². The normalized spacial score (nSPS) is 20.1. The van der Waals surface area contributed by atoms with Crippen LogP contribution < -0.4 is 0 Å². The molecule has 0 saturated carbocycles. The predicted octanol–water partition coefficient (Wildman–Crippen LogP) is 4.57.